The maximum absolute atomic E-state index is 12.3. The number of carbonyl (C=O) groups excluding carboxylic acids is 2. The number of fused-ring (bicyclic) bond motifs is 1. The van der Waals surface area contributed by atoms with E-state index in [9.17, 15) is 19.5 Å². The van der Waals surface area contributed by atoms with Crippen LogP contribution in [0, 0.1) is 6.92 Å². The predicted molar refractivity (Wildman–Crippen MR) is 92.7 cm³/mol. The zero-order chi connectivity index (χ0) is 18.1. The number of imide groups is 1. The molecule has 1 aromatic carbocycles. The summed E-state index contributed by atoms with van der Waals surface area (Å²) in [5.74, 6) is -0.821. The summed E-state index contributed by atoms with van der Waals surface area (Å²) in [4.78, 5) is 40.6. The van der Waals surface area contributed by atoms with Crippen molar-refractivity contribution < 1.29 is 14.7 Å². The third kappa shape index (κ3) is 3.13. The van der Waals surface area contributed by atoms with Crippen molar-refractivity contribution in [3.63, 3.8) is 0 Å². The van der Waals surface area contributed by atoms with Crippen molar-refractivity contribution in [1.29, 1.82) is 0 Å². The summed E-state index contributed by atoms with van der Waals surface area (Å²) in [6.45, 7) is 3.68. The van der Waals surface area contributed by atoms with E-state index in [2.05, 4.69) is 4.98 Å². The summed E-state index contributed by atoms with van der Waals surface area (Å²) in [5.41, 5.74) is 2.71. The van der Waals surface area contributed by atoms with E-state index in [-0.39, 0.29) is 18.5 Å². The molecule has 0 bridgehead atoms. The van der Waals surface area contributed by atoms with Gasteiger partial charge in [-0.05, 0) is 37.1 Å². The monoisotopic (exact) mass is 340 g/mol. The zero-order valence-corrected chi connectivity index (χ0v) is 14.2. The van der Waals surface area contributed by atoms with Crippen LogP contribution in [0.1, 0.15) is 44.5 Å². The Labute approximate surface area is 145 Å². The molecule has 0 unspecified atom stereocenters. The average molecular weight is 340 g/mol. The van der Waals surface area contributed by atoms with Crippen molar-refractivity contribution in [2.45, 2.75) is 32.8 Å². The van der Waals surface area contributed by atoms with E-state index in [4.69, 9.17) is 0 Å². The first-order valence-corrected chi connectivity index (χ1v) is 8.27. The molecule has 0 aliphatic carbocycles. The minimum Gasteiger partial charge on any atom is -0.391 e. The van der Waals surface area contributed by atoms with Crippen molar-refractivity contribution in [3.8, 4) is 0 Å². The topological polar surface area (TPSA) is 90.5 Å². The van der Waals surface area contributed by atoms with Crippen molar-refractivity contribution >= 4 is 11.8 Å². The number of aryl methyl sites for hydroxylation is 2. The first-order valence-electron chi connectivity index (χ1n) is 8.27. The Hall–Kier alpha value is -2.73. The van der Waals surface area contributed by atoms with Gasteiger partial charge in [0, 0.05) is 17.7 Å². The van der Waals surface area contributed by atoms with Crippen LogP contribution in [0.5, 0.6) is 0 Å². The number of hydrogen-bond donors (Lipinski definition) is 2. The molecule has 1 aliphatic rings. The first kappa shape index (κ1) is 17.1. The first-order chi connectivity index (χ1) is 11.9. The maximum Gasteiger partial charge on any atom is 0.261 e. The van der Waals surface area contributed by atoms with Crippen LogP contribution in [0.3, 0.4) is 0 Å². The summed E-state index contributed by atoms with van der Waals surface area (Å²) in [6.07, 6.45) is -0.157. The SMILES string of the molecule is CCc1cc(C[C@@H](O)CN2C(=O)c3ccccc3C2=O)c(=O)[nH]c1C. The lowest BCUT2D eigenvalue weighted by atomic mass is 10.0. The number of hydrogen-bond acceptors (Lipinski definition) is 4. The minimum absolute atomic E-state index is 0.0794. The number of amides is 2. The van der Waals surface area contributed by atoms with Crippen molar-refractivity contribution in [3.05, 3.63) is 68.6 Å². The van der Waals surface area contributed by atoms with E-state index in [1.54, 1.807) is 30.3 Å². The van der Waals surface area contributed by atoms with Crippen LogP contribution in [-0.4, -0.2) is 39.5 Å². The maximum atomic E-state index is 12.3. The van der Waals surface area contributed by atoms with Gasteiger partial charge in [-0.3, -0.25) is 19.3 Å². The molecule has 2 N–H and O–H groups in total. The molecule has 0 fully saturated rings. The summed E-state index contributed by atoms with van der Waals surface area (Å²) < 4.78 is 0. The van der Waals surface area contributed by atoms with Gasteiger partial charge in [-0.1, -0.05) is 19.1 Å². The lowest BCUT2D eigenvalue weighted by Crippen LogP contribution is -2.38. The van der Waals surface area contributed by atoms with Crippen molar-refractivity contribution in [2.24, 2.45) is 0 Å². The van der Waals surface area contributed by atoms with Crippen molar-refractivity contribution in [2.75, 3.05) is 6.54 Å². The number of pyridine rings is 1. The van der Waals surface area contributed by atoms with Crippen LogP contribution in [0.4, 0.5) is 0 Å². The second-order valence-corrected chi connectivity index (χ2v) is 6.25. The molecule has 0 saturated carbocycles. The molecule has 6 heteroatoms. The number of aliphatic hydroxyl groups excluding tert-OH is 1. The summed E-state index contributed by atoms with van der Waals surface area (Å²) in [5, 5.41) is 10.3. The highest BCUT2D eigenvalue weighted by molar-refractivity contribution is 6.21. The fraction of sp³-hybridized carbons (Fsp3) is 0.316. The molecular formula is C19H20N2O4. The van der Waals surface area contributed by atoms with Gasteiger partial charge in [-0.15, -0.1) is 0 Å². The average Bonchev–Trinajstić information content (AvgIpc) is 2.83. The third-order valence-electron chi connectivity index (χ3n) is 4.53. The van der Waals surface area contributed by atoms with Gasteiger partial charge >= 0.3 is 0 Å². The molecule has 0 radical (unpaired) electrons. The van der Waals surface area contributed by atoms with E-state index in [0.717, 1.165) is 22.6 Å². The highest BCUT2D eigenvalue weighted by Gasteiger charge is 2.36. The largest absolute Gasteiger partial charge is 0.391 e. The van der Waals surface area contributed by atoms with E-state index < -0.39 is 17.9 Å². The molecule has 3 rings (SSSR count). The smallest absolute Gasteiger partial charge is 0.261 e. The van der Waals surface area contributed by atoms with Gasteiger partial charge in [0.25, 0.3) is 17.4 Å². The van der Waals surface area contributed by atoms with E-state index in [1.165, 1.54) is 0 Å². The number of nitrogens with one attached hydrogen (secondary N) is 1. The number of H-pyrrole nitrogens is 1. The van der Waals surface area contributed by atoms with Gasteiger partial charge in [-0.25, -0.2) is 0 Å². The molecule has 2 amide bonds. The number of nitrogens with zero attached hydrogens (tertiary/aromatic N) is 1. The van der Waals surface area contributed by atoms with Crippen LogP contribution >= 0.6 is 0 Å². The number of benzene rings is 1. The Morgan fingerprint density at radius 1 is 1.08 bits per heavy atom. The molecule has 1 atom stereocenters. The zero-order valence-electron chi connectivity index (χ0n) is 14.2. The van der Waals surface area contributed by atoms with Gasteiger partial charge in [0.2, 0.25) is 0 Å². The Bertz CT molecular complexity index is 866. The summed E-state index contributed by atoms with van der Waals surface area (Å²) >= 11 is 0. The van der Waals surface area contributed by atoms with Crippen LogP contribution in [0.25, 0.3) is 0 Å². The van der Waals surface area contributed by atoms with Crippen LogP contribution < -0.4 is 5.56 Å². The number of aliphatic hydroxyl groups is 1. The molecule has 6 nitrogen and oxygen atoms in total. The number of aromatic nitrogens is 1. The molecule has 2 aromatic rings. The lowest BCUT2D eigenvalue weighted by molar-refractivity contribution is 0.0544. The van der Waals surface area contributed by atoms with Crippen LogP contribution in [0.2, 0.25) is 0 Å². The second kappa shape index (κ2) is 6.64. The molecule has 0 saturated heterocycles. The van der Waals surface area contributed by atoms with Crippen LogP contribution in [-0.2, 0) is 12.8 Å². The summed E-state index contributed by atoms with van der Waals surface area (Å²) in [6, 6.07) is 8.37. The van der Waals surface area contributed by atoms with Gasteiger partial charge < -0.3 is 10.1 Å². The Morgan fingerprint density at radius 2 is 1.68 bits per heavy atom. The molecule has 25 heavy (non-hydrogen) atoms. The number of aromatic amines is 1. The van der Waals surface area contributed by atoms with E-state index in [0.29, 0.717) is 16.7 Å². The number of carbonyl (C=O) groups is 2. The van der Waals surface area contributed by atoms with Gasteiger partial charge in [0.15, 0.2) is 0 Å². The molecule has 0 spiro atoms. The quantitative estimate of drug-likeness (QED) is 0.806. The Balaban J connectivity index is 1.76. The minimum atomic E-state index is -1.00. The second-order valence-electron chi connectivity index (χ2n) is 6.25. The molecule has 130 valence electrons. The Kier molecular flexibility index (Phi) is 4.55. The van der Waals surface area contributed by atoms with E-state index >= 15 is 0 Å². The molecule has 1 aliphatic heterocycles. The summed E-state index contributed by atoms with van der Waals surface area (Å²) in [7, 11) is 0. The number of β-amino-alcohol motifs (C(OH)–C–C–N with tert-alkyl or cyclic N) is 1. The molecule has 2 heterocycles. The lowest BCUT2D eigenvalue weighted by Gasteiger charge is -2.18. The highest BCUT2D eigenvalue weighted by atomic mass is 16.3. The van der Waals surface area contributed by atoms with Crippen molar-refractivity contribution in [1.82, 2.24) is 9.88 Å². The standard InChI is InChI=1S/C19H20N2O4/c1-3-12-8-13(17(23)20-11(12)2)9-14(22)10-21-18(24)15-6-4-5-7-16(15)19(21)25/h4-8,14,22H,3,9-10H2,1-2H3,(H,20,23)/t14-/m1/s1. The normalized spacial score (nSPS) is 14.8. The predicted octanol–water partition coefficient (Wildman–Crippen LogP) is 1.45. The fourth-order valence-electron chi connectivity index (χ4n) is 3.17. The molecule has 1 aromatic heterocycles. The Morgan fingerprint density at radius 3 is 2.24 bits per heavy atom. The van der Waals surface area contributed by atoms with Gasteiger partial charge in [0.1, 0.15) is 0 Å². The molecular weight excluding hydrogens is 320 g/mol. The highest BCUT2D eigenvalue weighted by Crippen LogP contribution is 2.22. The van der Waals surface area contributed by atoms with Gasteiger partial charge in [-0.2, -0.15) is 0 Å². The third-order valence-corrected chi connectivity index (χ3v) is 4.53. The van der Waals surface area contributed by atoms with Crippen LogP contribution in [0.15, 0.2) is 35.1 Å². The number of rotatable bonds is 5. The van der Waals surface area contributed by atoms with E-state index in [1.807, 2.05) is 13.8 Å². The van der Waals surface area contributed by atoms with Gasteiger partial charge in [0.05, 0.1) is 23.8 Å². The fourth-order valence-corrected chi connectivity index (χ4v) is 3.17.